The Balaban J connectivity index is 0.00000289. The van der Waals surface area contributed by atoms with Crippen molar-refractivity contribution in [2.24, 2.45) is 0 Å². The molecule has 0 bridgehead atoms. The highest BCUT2D eigenvalue weighted by atomic mass is 35.5. The van der Waals surface area contributed by atoms with Crippen molar-refractivity contribution in [3.05, 3.63) is 46.5 Å². The zero-order valence-electron chi connectivity index (χ0n) is 18.4. The Morgan fingerprint density at radius 1 is 0.676 bits per heavy atom. The highest BCUT2D eigenvalue weighted by Gasteiger charge is 2.37. The molecule has 0 amide bonds. The number of benzene rings is 2. The average Bonchev–Trinajstić information content (AvgIpc) is 2.78. The normalized spacial score (nSPS) is 11.7. The van der Waals surface area contributed by atoms with E-state index in [1.54, 1.807) is 12.1 Å². The lowest BCUT2D eigenvalue weighted by molar-refractivity contribution is 0.0975. The van der Waals surface area contributed by atoms with Crippen molar-refractivity contribution in [1.29, 1.82) is 0 Å². The van der Waals surface area contributed by atoms with Crippen LogP contribution in [0.2, 0.25) is 0 Å². The van der Waals surface area contributed by atoms with E-state index in [4.69, 9.17) is 10.2 Å². The second-order valence-electron chi connectivity index (χ2n) is 7.23. The van der Waals surface area contributed by atoms with E-state index < -0.39 is 23.1 Å². The molecular formula is C22H30Cl2N4O6. The first kappa shape index (κ1) is 29.4. The molecule has 0 unspecified atom stereocenters. The third-order valence-corrected chi connectivity index (χ3v) is 5.08. The number of carbonyl (C=O) groups is 2. The largest absolute Gasteiger partial charge is 0.507 e. The minimum absolute atomic E-state index is 0. The van der Waals surface area contributed by atoms with Gasteiger partial charge in [-0.3, -0.25) is 9.59 Å². The SMILES string of the molecule is Cl.Cl.O=C1c2c(NCCNCCO)cccc2C(=O)c2c(O)c(NCCNCCO)cc(O)c21. The van der Waals surface area contributed by atoms with Gasteiger partial charge in [0.1, 0.15) is 5.75 Å². The van der Waals surface area contributed by atoms with Crippen molar-refractivity contribution in [3.63, 3.8) is 0 Å². The minimum atomic E-state index is -0.551. The molecule has 10 nitrogen and oxygen atoms in total. The number of hydrogen-bond acceptors (Lipinski definition) is 10. The van der Waals surface area contributed by atoms with Gasteiger partial charge in [0.25, 0.3) is 0 Å². The average molecular weight is 517 g/mol. The molecule has 0 atom stereocenters. The fraction of sp³-hybridized carbons (Fsp3) is 0.364. The van der Waals surface area contributed by atoms with E-state index in [1.165, 1.54) is 12.1 Å². The Kier molecular flexibility index (Phi) is 12.1. The number of halogens is 2. The Labute approximate surface area is 209 Å². The van der Waals surface area contributed by atoms with E-state index in [9.17, 15) is 19.8 Å². The first-order valence-electron chi connectivity index (χ1n) is 10.4. The number of fused-ring (bicyclic) bond motifs is 2. The molecule has 2 aromatic carbocycles. The van der Waals surface area contributed by atoms with E-state index in [0.29, 0.717) is 45.0 Å². The topological polar surface area (TPSA) is 163 Å². The molecular weight excluding hydrogens is 487 g/mol. The zero-order valence-corrected chi connectivity index (χ0v) is 20.0. The summed E-state index contributed by atoms with van der Waals surface area (Å²) >= 11 is 0. The standard InChI is InChI=1S/C22H28N4O6.2ClH/c27-10-8-23-4-6-25-14-3-1-2-13-17(14)22(32)18-16(29)12-15(21(31)19(18)20(13)30)26-7-5-24-9-11-28;;/h1-3,12,23-29,31H,4-11H2;2*1H. The lowest BCUT2D eigenvalue weighted by Crippen LogP contribution is -2.27. The number of carbonyl (C=O) groups excluding carboxylic acids is 2. The molecule has 0 spiro atoms. The molecule has 2 aromatic rings. The van der Waals surface area contributed by atoms with Gasteiger partial charge in [-0.1, -0.05) is 12.1 Å². The molecule has 0 aromatic heterocycles. The van der Waals surface area contributed by atoms with Crippen LogP contribution in [0, 0.1) is 0 Å². The summed E-state index contributed by atoms with van der Waals surface area (Å²) in [4.78, 5) is 26.5. The molecule has 188 valence electrons. The van der Waals surface area contributed by atoms with Gasteiger partial charge in [0.2, 0.25) is 0 Å². The van der Waals surface area contributed by atoms with Gasteiger partial charge in [0.05, 0.1) is 35.6 Å². The van der Waals surface area contributed by atoms with Crippen LogP contribution in [0.4, 0.5) is 11.4 Å². The molecule has 0 aliphatic heterocycles. The summed E-state index contributed by atoms with van der Waals surface area (Å²) in [6, 6.07) is 6.06. The second kappa shape index (κ2) is 14.0. The number of hydrogen-bond donors (Lipinski definition) is 8. The summed E-state index contributed by atoms with van der Waals surface area (Å²) < 4.78 is 0. The van der Waals surface area contributed by atoms with Crippen LogP contribution in [0.3, 0.4) is 0 Å². The molecule has 0 saturated heterocycles. The maximum Gasteiger partial charge on any atom is 0.200 e. The Bertz CT molecular complexity index is 1010. The molecule has 0 heterocycles. The van der Waals surface area contributed by atoms with Crippen molar-refractivity contribution in [1.82, 2.24) is 10.6 Å². The maximum atomic E-state index is 13.3. The molecule has 0 saturated carbocycles. The van der Waals surface area contributed by atoms with Gasteiger partial charge in [-0.15, -0.1) is 24.8 Å². The predicted molar refractivity (Wildman–Crippen MR) is 134 cm³/mol. The first-order chi connectivity index (χ1) is 15.5. The molecule has 3 rings (SSSR count). The molecule has 1 aliphatic rings. The summed E-state index contributed by atoms with van der Waals surface area (Å²) in [5.74, 6) is -1.89. The maximum absolute atomic E-state index is 13.3. The number of phenolic OH excluding ortho intramolecular Hbond substituents is 2. The third kappa shape index (κ3) is 6.29. The fourth-order valence-corrected chi connectivity index (χ4v) is 3.62. The smallest absolute Gasteiger partial charge is 0.200 e. The van der Waals surface area contributed by atoms with Gasteiger partial charge >= 0.3 is 0 Å². The van der Waals surface area contributed by atoms with Crippen LogP contribution in [0.25, 0.3) is 0 Å². The molecule has 12 heteroatoms. The van der Waals surface area contributed by atoms with Gasteiger partial charge in [-0.2, -0.15) is 0 Å². The number of rotatable bonds is 12. The van der Waals surface area contributed by atoms with Crippen LogP contribution in [-0.4, -0.2) is 84.5 Å². The number of anilines is 2. The van der Waals surface area contributed by atoms with Gasteiger partial charge in [0.15, 0.2) is 17.3 Å². The summed E-state index contributed by atoms with van der Waals surface area (Å²) in [7, 11) is 0. The van der Waals surface area contributed by atoms with Crippen molar-refractivity contribution in [2.75, 3.05) is 63.1 Å². The van der Waals surface area contributed by atoms with Gasteiger partial charge in [-0.05, 0) is 6.07 Å². The van der Waals surface area contributed by atoms with E-state index in [0.717, 1.165) is 0 Å². The minimum Gasteiger partial charge on any atom is -0.507 e. The quantitative estimate of drug-likeness (QED) is 0.0975. The summed E-state index contributed by atoms with van der Waals surface area (Å²) in [5.41, 5.74) is 0.434. The number of aliphatic hydroxyl groups excluding tert-OH is 2. The van der Waals surface area contributed by atoms with E-state index in [-0.39, 0.29) is 66.0 Å². The van der Waals surface area contributed by atoms with Gasteiger partial charge in [0, 0.05) is 56.6 Å². The molecule has 34 heavy (non-hydrogen) atoms. The highest BCUT2D eigenvalue weighted by molar-refractivity contribution is 6.32. The zero-order chi connectivity index (χ0) is 23.1. The third-order valence-electron chi connectivity index (χ3n) is 5.08. The number of phenols is 2. The van der Waals surface area contributed by atoms with Crippen molar-refractivity contribution < 1.29 is 30.0 Å². The first-order valence-corrected chi connectivity index (χ1v) is 10.4. The second-order valence-corrected chi connectivity index (χ2v) is 7.23. The van der Waals surface area contributed by atoms with Gasteiger partial charge < -0.3 is 41.7 Å². The van der Waals surface area contributed by atoms with Crippen molar-refractivity contribution in [2.45, 2.75) is 0 Å². The highest BCUT2D eigenvalue weighted by Crippen LogP contribution is 2.43. The molecule has 8 N–H and O–H groups in total. The number of nitrogens with one attached hydrogen (secondary N) is 4. The van der Waals surface area contributed by atoms with Crippen LogP contribution < -0.4 is 21.3 Å². The van der Waals surface area contributed by atoms with Crippen LogP contribution in [0.15, 0.2) is 24.3 Å². The summed E-state index contributed by atoms with van der Waals surface area (Å²) in [5, 5.41) is 50.9. The number of aliphatic hydroxyl groups is 2. The Hall–Kier alpha value is -2.60. The van der Waals surface area contributed by atoms with Crippen molar-refractivity contribution in [3.8, 4) is 11.5 Å². The van der Waals surface area contributed by atoms with Crippen LogP contribution >= 0.6 is 24.8 Å². The molecule has 0 fully saturated rings. The fourth-order valence-electron chi connectivity index (χ4n) is 3.62. The predicted octanol–water partition coefficient (Wildman–Crippen LogP) is 0.704. The Morgan fingerprint density at radius 3 is 1.85 bits per heavy atom. The van der Waals surface area contributed by atoms with E-state index in [2.05, 4.69) is 21.3 Å². The van der Waals surface area contributed by atoms with Crippen molar-refractivity contribution >= 4 is 47.8 Å². The van der Waals surface area contributed by atoms with Gasteiger partial charge in [-0.25, -0.2) is 0 Å². The lowest BCUT2D eigenvalue weighted by atomic mass is 9.81. The summed E-state index contributed by atoms with van der Waals surface area (Å²) in [6.07, 6.45) is 0. The van der Waals surface area contributed by atoms with Crippen LogP contribution in [0.5, 0.6) is 11.5 Å². The number of aromatic hydroxyl groups is 2. The molecule has 1 aliphatic carbocycles. The number of ketones is 2. The van der Waals surface area contributed by atoms with Crippen LogP contribution in [-0.2, 0) is 0 Å². The van der Waals surface area contributed by atoms with Crippen LogP contribution in [0.1, 0.15) is 31.8 Å². The van der Waals surface area contributed by atoms with E-state index >= 15 is 0 Å². The monoisotopic (exact) mass is 516 g/mol. The van der Waals surface area contributed by atoms with E-state index in [1.807, 2.05) is 0 Å². The Morgan fingerprint density at radius 2 is 1.26 bits per heavy atom. The lowest BCUT2D eigenvalue weighted by Gasteiger charge is -2.23. The summed E-state index contributed by atoms with van der Waals surface area (Å²) in [6.45, 7) is 2.71. The molecule has 0 radical (unpaired) electrons.